The number of urea groups is 1. The van der Waals surface area contributed by atoms with Gasteiger partial charge in [0.25, 0.3) is 0 Å². The maximum Gasteiger partial charge on any atom is 0.317 e. The number of rotatable bonds is 17. The number of phenolic OH excluding ortho intramolecular Hbond substituents is 1. The second-order valence-electron chi connectivity index (χ2n) is 11.4. The van der Waals surface area contributed by atoms with Crippen LogP contribution < -0.4 is 30.2 Å². The third-order valence-corrected chi connectivity index (χ3v) is 7.97. The lowest BCUT2D eigenvalue weighted by molar-refractivity contribution is 0.106. The van der Waals surface area contributed by atoms with Gasteiger partial charge in [0.05, 0.1) is 14.2 Å². The number of benzene rings is 3. The molecule has 3 aromatic carbocycles. The minimum Gasteiger partial charge on any atom is -0.508 e. The molecule has 2 amide bonds. The van der Waals surface area contributed by atoms with Gasteiger partial charge in [-0.05, 0) is 105 Å². The second kappa shape index (κ2) is 18.0. The Morgan fingerprint density at radius 1 is 0.889 bits per heavy atom. The molecule has 244 valence electrons. The highest BCUT2D eigenvalue weighted by molar-refractivity contribution is 5.74. The van der Waals surface area contributed by atoms with Crippen molar-refractivity contribution in [2.45, 2.75) is 50.7 Å². The number of aliphatic hydroxyl groups is 1. The van der Waals surface area contributed by atoms with Crippen molar-refractivity contribution in [1.29, 1.82) is 0 Å². The van der Waals surface area contributed by atoms with Crippen LogP contribution in [0, 0.1) is 0 Å². The van der Waals surface area contributed by atoms with Gasteiger partial charge in [0.15, 0.2) is 11.5 Å². The summed E-state index contributed by atoms with van der Waals surface area (Å²) in [7, 11) is 3.28. The molecule has 5 N–H and O–H groups in total. The summed E-state index contributed by atoms with van der Waals surface area (Å²) in [4.78, 5) is 14.6. The zero-order chi connectivity index (χ0) is 31.9. The summed E-state index contributed by atoms with van der Waals surface area (Å²) in [6.07, 6.45) is 4.89. The quantitative estimate of drug-likeness (QED) is 0.139. The number of carbonyl (C=O) groups is 1. The van der Waals surface area contributed by atoms with Crippen LogP contribution in [0.3, 0.4) is 0 Å². The van der Waals surface area contributed by atoms with Gasteiger partial charge in [-0.1, -0.05) is 18.2 Å². The van der Waals surface area contributed by atoms with Crippen LogP contribution in [0.2, 0.25) is 0 Å². The third kappa shape index (κ3) is 11.4. The molecule has 0 bridgehead atoms. The van der Waals surface area contributed by atoms with E-state index in [1.807, 2.05) is 17.0 Å². The Morgan fingerprint density at radius 2 is 1.60 bits per heavy atom. The lowest BCUT2D eigenvalue weighted by Gasteiger charge is -2.33. The molecule has 0 aliphatic carbocycles. The van der Waals surface area contributed by atoms with Crippen molar-refractivity contribution < 1.29 is 29.2 Å². The van der Waals surface area contributed by atoms with Crippen LogP contribution in [0.15, 0.2) is 66.7 Å². The number of phenols is 1. The number of hydrogen-bond donors (Lipinski definition) is 5. The van der Waals surface area contributed by atoms with E-state index in [1.165, 1.54) is 11.1 Å². The maximum atomic E-state index is 12.7. The molecule has 0 saturated carbocycles. The summed E-state index contributed by atoms with van der Waals surface area (Å²) < 4.78 is 16.2. The zero-order valence-electron chi connectivity index (χ0n) is 26.5. The molecular weight excluding hydrogens is 572 g/mol. The van der Waals surface area contributed by atoms with Crippen LogP contribution in [0.1, 0.15) is 36.8 Å². The van der Waals surface area contributed by atoms with Crippen molar-refractivity contribution in [3.8, 4) is 23.0 Å². The molecule has 4 rings (SSSR count). The van der Waals surface area contributed by atoms with Gasteiger partial charge in [-0.2, -0.15) is 0 Å². The number of likely N-dealkylation sites (tertiary alicyclic amines) is 1. The number of nitrogens with one attached hydrogen (secondary N) is 3. The number of carbonyl (C=O) groups excluding carboxylic acids is 1. The van der Waals surface area contributed by atoms with Gasteiger partial charge in [-0.15, -0.1) is 0 Å². The van der Waals surface area contributed by atoms with Gasteiger partial charge in [-0.3, -0.25) is 0 Å². The van der Waals surface area contributed by atoms with Gasteiger partial charge >= 0.3 is 6.03 Å². The van der Waals surface area contributed by atoms with Crippen molar-refractivity contribution in [3.63, 3.8) is 0 Å². The molecule has 1 fully saturated rings. The number of unbranched alkanes of at least 4 members (excludes halogenated alkanes) is 1. The van der Waals surface area contributed by atoms with Crippen LogP contribution in [0.5, 0.6) is 23.0 Å². The molecule has 1 atom stereocenters. The van der Waals surface area contributed by atoms with Crippen molar-refractivity contribution in [2.24, 2.45) is 0 Å². The molecule has 1 saturated heterocycles. The van der Waals surface area contributed by atoms with E-state index in [-0.39, 0.29) is 18.4 Å². The molecular formula is C35H48N4O6. The number of anilines is 1. The minimum absolute atomic E-state index is 0.0231. The highest BCUT2D eigenvalue weighted by atomic mass is 16.5. The first-order valence-corrected chi connectivity index (χ1v) is 15.8. The SMILES string of the molecule is COc1ccc(CCCCNC(=O)N2CCC(Nc3ccc(CCNCC(O)COc4ccc(O)cc4)cc3)CC2)cc1OC. The van der Waals surface area contributed by atoms with E-state index in [2.05, 4.69) is 46.3 Å². The zero-order valence-corrected chi connectivity index (χ0v) is 26.5. The van der Waals surface area contributed by atoms with Crippen LogP contribution in [-0.2, 0) is 12.8 Å². The monoisotopic (exact) mass is 620 g/mol. The van der Waals surface area contributed by atoms with Crippen molar-refractivity contribution in [1.82, 2.24) is 15.5 Å². The Hall–Kier alpha value is -4.15. The largest absolute Gasteiger partial charge is 0.508 e. The number of ether oxygens (including phenoxy) is 3. The molecule has 3 aromatic rings. The first-order valence-electron chi connectivity index (χ1n) is 15.8. The lowest BCUT2D eigenvalue weighted by Crippen LogP contribution is -2.47. The van der Waals surface area contributed by atoms with E-state index in [9.17, 15) is 15.0 Å². The van der Waals surface area contributed by atoms with E-state index in [0.717, 1.165) is 75.3 Å². The molecule has 10 heteroatoms. The van der Waals surface area contributed by atoms with Gasteiger partial charge in [-0.25, -0.2) is 4.79 Å². The predicted molar refractivity (Wildman–Crippen MR) is 177 cm³/mol. The fraction of sp³-hybridized carbons (Fsp3) is 0.457. The molecule has 1 heterocycles. The number of aryl methyl sites for hydroxylation is 1. The molecule has 1 aliphatic rings. The number of aromatic hydroxyl groups is 1. The van der Waals surface area contributed by atoms with Gasteiger partial charge in [0.2, 0.25) is 0 Å². The predicted octanol–water partition coefficient (Wildman–Crippen LogP) is 4.59. The van der Waals surface area contributed by atoms with E-state index >= 15 is 0 Å². The van der Waals surface area contributed by atoms with Crippen LogP contribution >= 0.6 is 0 Å². The molecule has 0 radical (unpaired) electrons. The smallest absolute Gasteiger partial charge is 0.317 e. The van der Waals surface area contributed by atoms with Crippen molar-refractivity contribution in [2.75, 3.05) is 58.9 Å². The summed E-state index contributed by atoms with van der Waals surface area (Å²) in [6, 6.07) is 21.3. The Balaban J connectivity index is 1.04. The molecule has 45 heavy (non-hydrogen) atoms. The summed E-state index contributed by atoms with van der Waals surface area (Å²) in [5.41, 5.74) is 3.51. The average molecular weight is 621 g/mol. The fourth-order valence-corrected chi connectivity index (χ4v) is 5.32. The van der Waals surface area contributed by atoms with Gasteiger partial charge in [0, 0.05) is 37.9 Å². The molecule has 0 spiro atoms. The van der Waals surface area contributed by atoms with Crippen molar-refractivity contribution in [3.05, 3.63) is 77.9 Å². The first kappa shape index (κ1) is 33.7. The Morgan fingerprint density at radius 3 is 2.31 bits per heavy atom. The summed E-state index contributed by atoms with van der Waals surface area (Å²) in [6.45, 7) is 3.53. The van der Waals surface area contributed by atoms with E-state index < -0.39 is 6.10 Å². The van der Waals surface area contributed by atoms with Crippen LogP contribution in [0.25, 0.3) is 0 Å². The summed E-state index contributed by atoms with van der Waals surface area (Å²) in [5, 5.41) is 29.4. The third-order valence-electron chi connectivity index (χ3n) is 7.97. The summed E-state index contributed by atoms with van der Waals surface area (Å²) in [5.74, 6) is 2.27. The molecule has 1 aliphatic heterocycles. The standard InChI is InChI=1S/C35H48N4O6/c1-43-33-15-8-27(23-34(33)44-2)5-3-4-19-37-35(42)39-21-17-29(18-22-39)38-28-9-6-26(7-10-28)16-20-36-24-31(41)25-45-32-13-11-30(40)12-14-32/h6-15,23,29,31,36,38,40-41H,3-5,16-22,24-25H2,1-2H3,(H,37,42). The number of piperidine rings is 1. The Bertz CT molecular complexity index is 1300. The first-order chi connectivity index (χ1) is 21.9. The van der Waals surface area contributed by atoms with Crippen LogP contribution in [-0.4, -0.2) is 86.8 Å². The minimum atomic E-state index is -0.621. The Labute approximate surface area is 266 Å². The fourth-order valence-electron chi connectivity index (χ4n) is 5.32. The molecule has 0 aromatic heterocycles. The summed E-state index contributed by atoms with van der Waals surface area (Å²) >= 11 is 0. The highest BCUT2D eigenvalue weighted by Gasteiger charge is 2.22. The van der Waals surface area contributed by atoms with Gasteiger partial charge < -0.3 is 45.3 Å². The number of nitrogens with zero attached hydrogens (tertiary/aromatic N) is 1. The van der Waals surface area contributed by atoms with Crippen LogP contribution in [0.4, 0.5) is 10.5 Å². The number of aliphatic hydroxyl groups excluding tert-OH is 1. The number of methoxy groups -OCH3 is 2. The van der Waals surface area contributed by atoms with E-state index in [0.29, 0.717) is 24.9 Å². The molecule has 10 nitrogen and oxygen atoms in total. The second-order valence-corrected chi connectivity index (χ2v) is 11.4. The number of hydrogen-bond acceptors (Lipinski definition) is 8. The van der Waals surface area contributed by atoms with Crippen molar-refractivity contribution >= 4 is 11.7 Å². The number of amides is 2. The van der Waals surface area contributed by atoms with Gasteiger partial charge in [0.1, 0.15) is 24.2 Å². The Kier molecular flexibility index (Phi) is 13.5. The lowest BCUT2D eigenvalue weighted by atomic mass is 10.0. The van der Waals surface area contributed by atoms with E-state index in [4.69, 9.17) is 14.2 Å². The van der Waals surface area contributed by atoms with E-state index in [1.54, 1.807) is 38.5 Å². The highest BCUT2D eigenvalue weighted by Crippen LogP contribution is 2.28. The normalized spacial score (nSPS) is 14.1. The maximum absolute atomic E-state index is 12.7. The molecule has 1 unspecified atom stereocenters. The average Bonchev–Trinajstić information content (AvgIpc) is 3.07. The topological polar surface area (TPSA) is 125 Å².